The van der Waals surface area contributed by atoms with Crippen molar-refractivity contribution in [2.45, 2.75) is 25.3 Å². The molecule has 3 rings (SSSR count). The highest BCUT2D eigenvalue weighted by atomic mass is 16.5. The van der Waals surface area contributed by atoms with Gasteiger partial charge in [0.15, 0.2) is 0 Å². The summed E-state index contributed by atoms with van der Waals surface area (Å²) in [5.41, 5.74) is 3.27. The van der Waals surface area contributed by atoms with E-state index in [2.05, 4.69) is 73.5 Å². The molecule has 152 valence electrons. The van der Waals surface area contributed by atoms with Gasteiger partial charge in [0.25, 0.3) is 0 Å². The topological polar surface area (TPSA) is 21.7 Å². The van der Waals surface area contributed by atoms with E-state index in [4.69, 9.17) is 9.47 Å². The van der Waals surface area contributed by atoms with Crippen LogP contribution in [0.3, 0.4) is 0 Å². The summed E-state index contributed by atoms with van der Waals surface area (Å²) in [6, 6.07) is 27.6. The van der Waals surface area contributed by atoms with E-state index in [1.165, 1.54) is 16.7 Å². The lowest BCUT2D eigenvalue weighted by molar-refractivity contribution is 0.196. The summed E-state index contributed by atoms with van der Waals surface area (Å²) in [5.74, 6) is 1.73. The Balaban J connectivity index is 2.27. The van der Waals surface area contributed by atoms with Gasteiger partial charge >= 0.3 is 0 Å². The van der Waals surface area contributed by atoms with E-state index in [1.807, 2.05) is 24.3 Å². The number of rotatable bonds is 9. The molecular weight excluding hydrogens is 358 g/mol. The summed E-state index contributed by atoms with van der Waals surface area (Å²) in [6.45, 7) is 3.22. The molecule has 3 nitrogen and oxygen atoms in total. The van der Waals surface area contributed by atoms with Crippen LogP contribution in [0, 0.1) is 0 Å². The van der Waals surface area contributed by atoms with E-state index >= 15 is 0 Å². The van der Waals surface area contributed by atoms with Gasteiger partial charge in [0.05, 0.1) is 19.8 Å². The molecule has 0 atom stereocenters. The Hall–Kier alpha value is -2.78. The molecule has 0 saturated carbocycles. The van der Waals surface area contributed by atoms with Gasteiger partial charge in [-0.1, -0.05) is 67.9 Å². The third kappa shape index (κ3) is 4.15. The normalized spacial score (nSPS) is 11.5. The van der Waals surface area contributed by atoms with Crippen molar-refractivity contribution in [2.75, 3.05) is 27.8 Å². The van der Waals surface area contributed by atoms with Gasteiger partial charge in [0, 0.05) is 0 Å². The van der Waals surface area contributed by atoms with Gasteiger partial charge in [-0.05, 0) is 61.0 Å². The Morgan fingerprint density at radius 2 is 1.14 bits per heavy atom. The number of unbranched alkanes of at least 4 members (excludes halogenated alkanes) is 1. The lowest BCUT2D eigenvalue weighted by Gasteiger charge is -2.44. The van der Waals surface area contributed by atoms with Crippen LogP contribution in [-0.4, -0.2) is 32.7 Å². The van der Waals surface area contributed by atoms with E-state index < -0.39 is 5.54 Å². The molecule has 0 N–H and O–H groups in total. The Labute approximate surface area is 174 Å². The zero-order valence-electron chi connectivity index (χ0n) is 17.9. The zero-order valence-corrected chi connectivity index (χ0v) is 17.9. The summed E-state index contributed by atoms with van der Waals surface area (Å²) in [7, 11) is 5.63. The second-order valence-corrected chi connectivity index (χ2v) is 7.31. The fourth-order valence-corrected chi connectivity index (χ4v) is 4.07. The maximum absolute atomic E-state index is 5.42. The molecule has 0 bridgehead atoms. The molecule has 0 aliphatic heterocycles. The molecule has 0 radical (unpaired) electrons. The highest BCUT2D eigenvalue weighted by molar-refractivity contribution is 5.51. The van der Waals surface area contributed by atoms with Crippen LogP contribution in [0.2, 0.25) is 0 Å². The summed E-state index contributed by atoms with van der Waals surface area (Å²) in [4.78, 5) is 2.47. The number of nitrogens with zero attached hydrogens (tertiary/aromatic N) is 1. The van der Waals surface area contributed by atoms with Crippen molar-refractivity contribution in [3.8, 4) is 11.5 Å². The van der Waals surface area contributed by atoms with Crippen molar-refractivity contribution in [3.05, 3.63) is 95.6 Å². The fourth-order valence-electron chi connectivity index (χ4n) is 4.07. The van der Waals surface area contributed by atoms with Crippen LogP contribution < -0.4 is 9.47 Å². The molecule has 0 spiro atoms. The second kappa shape index (κ2) is 9.62. The fraction of sp³-hybridized carbons (Fsp3) is 0.308. The highest BCUT2D eigenvalue weighted by Gasteiger charge is 2.40. The Kier molecular flexibility index (Phi) is 6.95. The first-order valence-corrected chi connectivity index (χ1v) is 10.2. The van der Waals surface area contributed by atoms with Crippen LogP contribution in [0.4, 0.5) is 0 Å². The van der Waals surface area contributed by atoms with Crippen LogP contribution >= 0.6 is 0 Å². The lowest BCUT2D eigenvalue weighted by Crippen LogP contribution is -2.46. The van der Waals surface area contributed by atoms with Gasteiger partial charge in [-0.3, -0.25) is 4.90 Å². The molecule has 0 aliphatic carbocycles. The van der Waals surface area contributed by atoms with Crippen molar-refractivity contribution in [1.82, 2.24) is 4.90 Å². The molecule has 0 aromatic heterocycles. The van der Waals surface area contributed by atoms with Crippen molar-refractivity contribution >= 4 is 0 Å². The van der Waals surface area contributed by atoms with Crippen molar-refractivity contribution in [2.24, 2.45) is 0 Å². The first kappa shape index (κ1) is 20.9. The quantitative estimate of drug-likeness (QED) is 0.436. The number of hydrogen-bond donors (Lipinski definition) is 0. The first-order valence-electron chi connectivity index (χ1n) is 10.2. The van der Waals surface area contributed by atoms with E-state index in [0.717, 1.165) is 30.9 Å². The maximum Gasteiger partial charge on any atom is 0.118 e. The van der Waals surface area contributed by atoms with Crippen molar-refractivity contribution < 1.29 is 9.47 Å². The third-order valence-electron chi connectivity index (χ3n) is 5.63. The predicted molar refractivity (Wildman–Crippen MR) is 120 cm³/mol. The van der Waals surface area contributed by atoms with Crippen LogP contribution in [0.1, 0.15) is 36.5 Å². The summed E-state index contributed by atoms with van der Waals surface area (Å²) >= 11 is 0. The van der Waals surface area contributed by atoms with Crippen molar-refractivity contribution in [1.29, 1.82) is 0 Å². The highest BCUT2D eigenvalue weighted by Crippen LogP contribution is 2.42. The van der Waals surface area contributed by atoms with E-state index in [1.54, 1.807) is 14.2 Å². The monoisotopic (exact) mass is 389 g/mol. The molecule has 3 aromatic carbocycles. The average molecular weight is 390 g/mol. The van der Waals surface area contributed by atoms with Crippen LogP contribution in [-0.2, 0) is 5.54 Å². The van der Waals surface area contributed by atoms with Gasteiger partial charge in [-0.2, -0.15) is 0 Å². The molecule has 3 aromatic rings. The van der Waals surface area contributed by atoms with Crippen LogP contribution in [0.5, 0.6) is 11.5 Å². The largest absolute Gasteiger partial charge is 0.497 e. The van der Waals surface area contributed by atoms with Gasteiger partial charge in [-0.25, -0.2) is 0 Å². The molecule has 0 saturated heterocycles. The van der Waals surface area contributed by atoms with E-state index in [-0.39, 0.29) is 0 Å². The lowest BCUT2D eigenvalue weighted by atomic mass is 9.75. The van der Waals surface area contributed by atoms with E-state index in [9.17, 15) is 0 Å². The maximum atomic E-state index is 5.42. The SMILES string of the molecule is CCCCN(C)C(c1ccccc1)(c1ccc(OC)cc1)c1ccc(OC)cc1. The molecule has 0 amide bonds. The molecule has 0 fully saturated rings. The predicted octanol–water partition coefficient (Wildman–Crippen LogP) is 5.73. The minimum Gasteiger partial charge on any atom is -0.497 e. The number of ether oxygens (including phenoxy) is 2. The smallest absolute Gasteiger partial charge is 0.118 e. The number of hydrogen-bond acceptors (Lipinski definition) is 3. The Morgan fingerprint density at radius 1 is 0.690 bits per heavy atom. The molecule has 0 heterocycles. The standard InChI is InChI=1S/C26H31NO2/c1-5-6-20-27(2)26(21-10-8-7-9-11-21,22-12-16-24(28-3)17-13-22)23-14-18-25(29-4)19-15-23/h7-19H,5-6,20H2,1-4H3. The van der Waals surface area contributed by atoms with Gasteiger partial charge < -0.3 is 9.47 Å². The molecular formula is C26H31NO2. The first-order chi connectivity index (χ1) is 14.2. The van der Waals surface area contributed by atoms with Gasteiger partial charge in [-0.15, -0.1) is 0 Å². The average Bonchev–Trinajstić information content (AvgIpc) is 2.79. The second-order valence-electron chi connectivity index (χ2n) is 7.31. The molecule has 0 unspecified atom stereocenters. The third-order valence-corrected chi connectivity index (χ3v) is 5.63. The van der Waals surface area contributed by atoms with Gasteiger partial charge in [0.1, 0.15) is 11.5 Å². The van der Waals surface area contributed by atoms with Crippen LogP contribution in [0.15, 0.2) is 78.9 Å². The minimum atomic E-state index is -0.408. The van der Waals surface area contributed by atoms with Gasteiger partial charge in [0.2, 0.25) is 0 Å². The Bertz CT molecular complexity index is 825. The number of benzene rings is 3. The molecule has 0 aliphatic rings. The minimum absolute atomic E-state index is 0.408. The zero-order chi connectivity index (χ0) is 20.7. The Morgan fingerprint density at radius 3 is 1.55 bits per heavy atom. The molecule has 29 heavy (non-hydrogen) atoms. The van der Waals surface area contributed by atoms with Crippen LogP contribution in [0.25, 0.3) is 0 Å². The summed E-state index contributed by atoms with van der Waals surface area (Å²) in [5, 5.41) is 0. The summed E-state index contributed by atoms with van der Waals surface area (Å²) in [6.07, 6.45) is 2.29. The number of methoxy groups -OCH3 is 2. The van der Waals surface area contributed by atoms with E-state index in [0.29, 0.717) is 0 Å². The molecule has 3 heteroatoms. The summed E-state index contributed by atoms with van der Waals surface area (Å²) < 4.78 is 10.8. The van der Waals surface area contributed by atoms with Crippen molar-refractivity contribution in [3.63, 3.8) is 0 Å².